The number of hydrogen-bond donors (Lipinski definition) is 0. The monoisotopic (exact) mass is 276 g/mol. The van der Waals surface area contributed by atoms with Crippen molar-refractivity contribution in [2.24, 2.45) is 0 Å². The lowest BCUT2D eigenvalue weighted by Crippen LogP contribution is -2.54. The van der Waals surface area contributed by atoms with Crippen LogP contribution in [0.25, 0.3) is 0 Å². The SMILES string of the molecule is CSc1ccc(CN2C[C@H]3CCCN3C[C@@H]2C)cc1. The molecule has 0 amide bonds. The van der Waals surface area contributed by atoms with Crippen LogP contribution in [0.15, 0.2) is 29.2 Å². The Kier molecular flexibility index (Phi) is 4.15. The summed E-state index contributed by atoms with van der Waals surface area (Å²) in [5.74, 6) is 0. The lowest BCUT2D eigenvalue weighted by atomic mass is 10.1. The van der Waals surface area contributed by atoms with Crippen LogP contribution in [0.5, 0.6) is 0 Å². The second kappa shape index (κ2) is 5.86. The molecular weight excluding hydrogens is 252 g/mol. The molecule has 2 heterocycles. The summed E-state index contributed by atoms with van der Waals surface area (Å²) in [5.41, 5.74) is 1.45. The summed E-state index contributed by atoms with van der Waals surface area (Å²) < 4.78 is 0. The van der Waals surface area contributed by atoms with E-state index in [1.165, 1.54) is 42.9 Å². The van der Waals surface area contributed by atoms with Crippen LogP contribution in [-0.2, 0) is 6.54 Å². The third-order valence-electron chi connectivity index (χ3n) is 4.61. The first-order valence-corrected chi connectivity index (χ1v) is 8.60. The number of piperazine rings is 1. The lowest BCUT2D eigenvalue weighted by Gasteiger charge is -2.42. The molecule has 2 saturated heterocycles. The average molecular weight is 276 g/mol. The first kappa shape index (κ1) is 13.5. The van der Waals surface area contributed by atoms with Crippen LogP contribution in [0.3, 0.4) is 0 Å². The Morgan fingerprint density at radius 3 is 2.74 bits per heavy atom. The second-order valence-electron chi connectivity index (χ2n) is 5.92. The number of fused-ring (bicyclic) bond motifs is 1. The largest absolute Gasteiger partial charge is 0.298 e. The fourth-order valence-corrected chi connectivity index (χ4v) is 3.84. The second-order valence-corrected chi connectivity index (χ2v) is 6.80. The normalized spacial score (nSPS) is 28.5. The predicted octanol–water partition coefficient (Wildman–Crippen LogP) is 3.08. The summed E-state index contributed by atoms with van der Waals surface area (Å²) in [7, 11) is 0. The van der Waals surface area contributed by atoms with Crippen LogP contribution in [0, 0.1) is 0 Å². The number of rotatable bonds is 3. The van der Waals surface area contributed by atoms with Gasteiger partial charge in [-0.1, -0.05) is 12.1 Å². The predicted molar refractivity (Wildman–Crippen MR) is 82.7 cm³/mol. The van der Waals surface area contributed by atoms with Gasteiger partial charge in [0.1, 0.15) is 0 Å². The van der Waals surface area contributed by atoms with E-state index in [0.29, 0.717) is 6.04 Å². The van der Waals surface area contributed by atoms with E-state index in [0.717, 1.165) is 12.6 Å². The molecule has 0 aliphatic carbocycles. The van der Waals surface area contributed by atoms with Gasteiger partial charge in [-0.15, -0.1) is 11.8 Å². The summed E-state index contributed by atoms with van der Waals surface area (Å²) in [6.45, 7) is 7.33. The molecule has 0 spiro atoms. The molecule has 0 aromatic heterocycles. The van der Waals surface area contributed by atoms with Crippen molar-refractivity contribution in [2.45, 2.75) is 43.3 Å². The topological polar surface area (TPSA) is 6.48 Å². The highest BCUT2D eigenvalue weighted by atomic mass is 32.2. The maximum absolute atomic E-state index is 2.69. The molecular formula is C16H24N2S. The standard InChI is InChI=1S/C16H24N2S/c1-13-10-17-9-3-4-15(17)12-18(13)11-14-5-7-16(19-2)8-6-14/h5-8,13,15H,3-4,9-12H2,1-2H3/t13-,15+/m0/s1. The van der Waals surface area contributed by atoms with Crippen molar-refractivity contribution in [3.8, 4) is 0 Å². The minimum atomic E-state index is 0.689. The Labute approximate surface area is 121 Å². The van der Waals surface area contributed by atoms with E-state index in [1.807, 2.05) is 11.8 Å². The fourth-order valence-electron chi connectivity index (χ4n) is 3.43. The van der Waals surface area contributed by atoms with Crippen LogP contribution < -0.4 is 0 Å². The van der Waals surface area contributed by atoms with E-state index in [9.17, 15) is 0 Å². The van der Waals surface area contributed by atoms with E-state index in [-0.39, 0.29) is 0 Å². The molecule has 1 aromatic carbocycles. The Bertz CT molecular complexity index is 417. The van der Waals surface area contributed by atoms with Crippen molar-refractivity contribution in [3.05, 3.63) is 29.8 Å². The van der Waals surface area contributed by atoms with Crippen molar-refractivity contribution in [3.63, 3.8) is 0 Å². The van der Waals surface area contributed by atoms with E-state index >= 15 is 0 Å². The van der Waals surface area contributed by atoms with Gasteiger partial charge in [-0.25, -0.2) is 0 Å². The summed E-state index contributed by atoms with van der Waals surface area (Å²) in [6, 6.07) is 10.6. The van der Waals surface area contributed by atoms with Crippen molar-refractivity contribution in [2.75, 3.05) is 25.9 Å². The Balaban J connectivity index is 1.64. The first-order valence-electron chi connectivity index (χ1n) is 7.37. The molecule has 2 aliphatic heterocycles. The fraction of sp³-hybridized carbons (Fsp3) is 0.625. The highest BCUT2D eigenvalue weighted by molar-refractivity contribution is 7.98. The zero-order chi connectivity index (χ0) is 13.2. The Morgan fingerprint density at radius 2 is 2.00 bits per heavy atom. The molecule has 2 nitrogen and oxygen atoms in total. The Morgan fingerprint density at radius 1 is 1.21 bits per heavy atom. The third kappa shape index (κ3) is 2.99. The van der Waals surface area contributed by atoms with E-state index in [4.69, 9.17) is 0 Å². The zero-order valence-corrected chi connectivity index (χ0v) is 12.8. The number of thioether (sulfide) groups is 1. The molecule has 2 aliphatic rings. The first-order chi connectivity index (χ1) is 9.26. The Hall–Kier alpha value is -0.510. The van der Waals surface area contributed by atoms with E-state index < -0.39 is 0 Å². The van der Waals surface area contributed by atoms with Crippen molar-refractivity contribution in [1.82, 2.24) is 9.80 Å². The number of nitrogens with zero attached hydrogens (tertiary/aromatic N) is 2. The molecule has 2 fully saturated rings. The van der Waals surface area contributed by atoms with Crippen LogP contribution in [0.2, 0.25) is 0 Å². The van der Waals surface area contributed by atoms with Crippen LogP contribution in [0.4, 0.5) is 0 Å². The molecule has 0 radical (unpaired) electrons. The molecule has 0 saturated carbocycles. The smallest absolute Gasteiger partial charge is 0.0237 e. The van der Waals surface area contributed by atoms with Gasteiger partial charge in [-0.2, -0.15) is 0 Å². The van der Waals surface area contributed by atoms with Gasteiger partial charge in [0.2, 0.25) is 0 Å². The van der Waals surface area contributed by atoms with E-state index in [1.54, 1.807) is 0 Å². The van der Waals surface area contributed by atoms with Gasteiger partial charge >= 0.3 is 0 Å². The molecule has 0 N–H and O–H groups in total. The molecule has 0 bridgehead atoms. The van der Waals surface area contributed by atoms with Gasteiger partial charge in [-0.05, 0) is 50.3 Å². The van der Waals surface area contributed by atoms with Gasteiger partial charge in [0.15, 0.2) is 0 Å². The molecule has 2 atom stereocenters. The van der Waals surface area contributed by atoms with Gasteiger partial charge in [0.25, 0.3) is 0 Å². The summed E-state index contributed by atoms with van der Waals surface area (Å²) in [6.07, 6.45) is 4.93. The van der Waals surface area contributed by atoms with Gasteiger partial charge in [-0.3, -0.25) is 9.80 Å². The minimum absolute atomic E-state index is 0.689. The average Bonchev–Trinajstić information content (AvgIpc) is 2.87. The van der Waals surface area contributed by atoms with Crippen LogP contribution in [0.1, 0.15) is 25.3 Å². The lowest BCUT2D eigenvalue weighted by molar-refractivity contribution is 0.0540. The molecule has 1 aromatic rings. The minimum Gasteiger partial charge on any atom is -0.298 e. The summed E-state index contributed by atoms with van der Waals surface area (Å²) in [5, 5.41) is 0. The van der Waals surface area contributed by atoms with Gasteiger partial charge < -0.3 is 0 Å². The highest BCUT2D eigenvalue weighted by Gasteiger charge is 2.34. The quantitative estimate of drug-likeness (QED) is 0.783. The number of benzene rings is 1. The van der Waals surface area contributed by atoms with Crippen LogP contribution in [-0.4, -0.2) is 47.8 Å². The maximum Gasteiger partial charge on any atom is 0.0237 e. The molecule has 0 unspecified atom stereocenters. The highest BCUT2D eigenvalue weighted by Crippen LogP contribution is 2.26. The number of hydrogen-bond acceptors (Lipinski definition) is 3. The van der Waals surface area contributed by atoms with Crippen LogP contribution >= 0.6 is 11.8 Å². The van der Waals surface area contributed by atoms with Crippen molar-refractivity contribution in [1.29, 1.82) is 0 Å². The summed E-state index contributed by atoms with van der Waals surface area (Å²) >= 11 is 1.82. The van der Waals surface area contributed by atoms with Gasteiger partial charge in [0, 0.05) is 36.6 Å². The molecule has 3 heteroatoms. The molecule has 3 rings (SSSR count). The summed E-state index contributed by atoms with van der Waals surface area (Å²) in [4.78, 5) is 6.72. The zero-order valence-electron chi connectivity index (χ0n) is 12.0. The third-order valence-corrected chi connectivity index (χ3v) is 5.35. The van der Waals surface area contributed by atoms with E-state index in [2.05, 4.69) is 47.2 Å². The maximum atomic E-state index is 2.69. The molecule has 19 heavy (non-hydrogen) atoms. The van der Waals surface area contributed by atoms with Crippen molar-refractivity contribution < 1.29 is 0 Å². The van der Waals surface area contributed by atoms with Gasteiger partial charge in [0.05, 0.1) is 0 Å². The molecule has 104 valence electrons. The van der Waals surface area contributed by atoms with Crippen molar-refractivity contribution >= 4 is 11.8 Å².